The Bertz CT molecular complexity index is 275. The second kappa shape index (κ2) is 6.66. The Hall–Kier alpha value is -0.780. The third-order valence-electron chi connectivity index (χ3n) is 2.97. The monoisotopic (exact) mass is 204 g/mol. The van der Waals surface area contributed by atoms with Gasteiger partial charge in [-0.25, -0.2) is 0 Å². The van der Waals surface area contributed by atoms with Crippen LogP contribution in [-0.4, -0.2) is 0 Å². The highest BCUT2D eigenvalue weighted by Crippen LogP contribution is 2.16. The van der Waals surface area contributed by atoms with E-state index in [0.29, 0.717) is 0 Å². The first kappa shape index (κ1) is 12.3. The SMILES string of the molecule is CCCCCC(C)Cc1cccc(C)c1. The normalized spacial score (nSPS) is 12.7. The van der Waals surface area contributed by atoms with Gasteiger partial charge in [0.1, 0.15) is 0 Å². The molecule has 0 amide bonds. The van der Waals surface area contributed by atoms with Crippen LogP contribution in [0.4, 0.5) is 0 Å². The Labute approximate surface area is 94.7 Å². The molecule has 15 heavy (non-hydrogen) atoms. The van der Waals surface area contributed by atoms with Gasteiger partial charge in [-0.2, -0.15) is 0 Å². The summed E-state index contributed by atoms with van der Waals surface area (Å²) >= 11 is 0. The van der Waals surface area contributed by atoms with Crippen LogP contribution < -0.4 is 0 Å². The van der Waals surface area contributed by atoms with E-state index in [9.17, 15) is 0 Å². The van der Waals surface area contributed by atoms with Gasteiger partial charge in [0.25, 0.3) is 0 Å². The molecule has 1 unspecified atom stereocenters. The molecule has 1 aromatic carbocycles. The highest BCUT2D eigenvalue weighted by Gasteiger charge is 2.03. The minimum atomic E-state index is 0.832. The molecule has 1 aromatic rings. The molecule has 0 spiro atoms. The lowest BCUT2D eigenvalue weighted by molar-refractivity contribution is 0.493. The average molecular weight is 204 g/mol. The highest BCUT2D eigenvalue weighted by atomic mass is 14.1. The van der Waals surface area contributed by atoms with Crippen molar-refractivity contribution in [3.63, 3.8) is 0 Å². The fraction of sp³-hybridized carbons (Fsp3) is 0.600. The van der Waals surface area contributed by atoms with Gasteiger partial charge < -0.3 is 0 Å². The lowest BCUT2D eigenvalue weighted by Gasteiger charge is -2.11. The number of hydrogen-bond acceptors (Lipinski definition) is 0. The van der Waals surface area contributed by atoms with Gasteiger partial charge in [0.2, 0.25) is 0 Å². The Balaban J connectivity index is 2.34. The van der Waals surface area contributed by atoms with Crippen molar-refractivity contribution in [2.24, 2.45) is 5.92 Å². The molecule has 0 bridgehead atoms. The molecule has 1 atom stereocenters. The molecule has 0 radical (unpaired) electrons. The van der Waals surface area contributed by atoms with Gasteiger partial charge >= 0.3 is 0 Å². The summed E-state index contributed by atoms with van der Waals surface area (Å²) in [5.74, 6) is 0.832. The zero-order chi connectivity index (χ0) is 11.1. The average Bonchev–Trinajstić information content (AvgIpc) is 2.18. The zero-order valence-electron chi connectivity index (χ0n) is 10.4. The summed E-state index contributed by atoms with van der Waals surface area (Å²) < 4.78 is 0. The van der Waals surface area contributed by atoms with Gasteiger partial charge in [-0.05, 0) is 24.8 Å². The minimum Gasteiger partial charge on any atom is -0.0654 e. The molecule has 0 saturated heterocycles. The van der Waals surface area contributed by atoms with E-state index in [1.807, 2.05) is 0 Å². The molecule has 0 saturated carbocycles. The molecule has 1 rings (SSSR count). The molecular formula is C15H24. The summed E-state index contributed by atoms with van der Waals surface area (Å²) in [6.45, 7) is 6.81. The van der Waals surface area contributed by atoms with E-state index in [1.54, 1.807) is 0 Å². The van der Waals surface area contributed by atoms with Gasteiger partial charge in [0.05, 0.1) is 0 Å². The Morgan fingerprint density at radius 2 is 2.00 bits per heavy atom. The summed E-state index contributed by atoms with van der Waals surface area (Å²) in [4.78, 5) is 0. The van der Waals surface area contributed by atoms with E-state index in [-0.39, 0.29) is 0 Å². The molecule has 0 heteroatoms. The molecule has 0 fully saturated rings. The van der Waals surface area contributed by atoms with Crippen molar-refractivity contribution in [2.75, 3.05) is 0 Å². The molecule has 0 aliphatic rings. The highest BCUT2D eigenvalue weighted by molar-refractivity contribution is 5.22. The second-order valence-electron chi connectivity index (χ2n) is 4.79. The van der Waals surface area contributed by atoms with Gasteiger partial charge in [-0.15, -0.1) is 0 Å². The van der Waals surface area contributed by atoms with Crippen LogP contribution in [0.25, 0.3) is 0 Å². The number of hydrogen-bond donors (Lipinski definition) is 0. The van der Waals surface area contributed by atoms with E-state index in [2.05, 4.69) is 45.0 Å². The van der Waals surface area contributed by atoms with Crippen molar-refractivity contribution in [1.82, 2.24) is 0 Å². The van der Waals surface area contributed by atoms with Crippen molar-refractivity contribution in [1.29, 1.82) is 0 Å². The summed E-state index contributed by atoms with van der Waals surface area (Å²) in [6, 6.07) is 8.91. The third-order valence-corrected chi connectivity index (χ3v) is 2.97. The maximum Gasteiger partial charge on any atom is -0.0253 e. The van der Waals surface area contributed by atoms with Crippen LogP contribution in [0.5, 0.6) is 0 Å². The van der Waals surface area contributed by atoms with Crippen molar-refractivity contribution in [3.8, 4) is 0 Å². The van der Waals surface area contributed by atoms with E-state index in [1.165, 1.54) is 43.2 Å². The summed E-state index contributed by atoms with van der Waals surface area (Å²) in [7, 11) is 0. The molecule has 0 heterocycles. The van der Waals surface area contributed by atoms with E-state index in [0.717, 1.165) is 5.92 Å². The second-order valence-corrected chi connectivity index (χ2v) is 4.79. The quantitative estimate of drug-likeness (QED) is 0.586. The van der Waals surface area contributed by atoms with Crippen LogP contribution in [0.3, 0.4) is 0 Å². The number of aryl methyl sites for hydroxylation is 1. The maximum atomic E-state index is 2.37. The van der Waals surface area contributed by atoms with Crippen LogP contribution in [0.15, 0.2) is 24.3 Å². The maximum absolute atomic E-state index is 2.37. The topological polar surface area (TPSA) is 0 Å². The molecule has 0 nitrogen and oxygen atoms in total. The molecule has 0 aliphatic carbocycles. The Morgan fingerprint density at radius 3 is 2.67 bits per heavy atom. The first-order valence-electron chi connectivity index (χ1n) is 6.28. The van der Waals surface area contributed by atoms with Crippen LogP contribution in [-0.2, 0) is 6.42 Å². The molecule has 0 N–H and O–H groups in total. The molecule has 0 aromatic heterocycles. The standard InChI is InChI=1S/C15H24/c1-4-5-6-8-13(2)11-15-10-7-9-14(3)12-15/h7,9-10,12-13H,4-6,8,11H2,1-3H3. The number of benzene rings is 1. The zero-order valence-corrected chi connectivity index (χ0v) is 10.4. The molecular weight excluding hydrogens is 180 g/mol. The smallest absolute Gasteiger partial charge is 0.0253 e. The lowest BCUT2D eigenvalue weighted by atomic mass is 9.95. The fourth-order valence-electron chi connectivity index (χ4n) is 2.09. The first-order chi connectivity index (χ1) is 7.22. The van der Waals surface area contributed by atoms with Gasteiger partial charge in [0, 0.05) is 0 Å². The van der Waals surface area contributed by atoms with E-state index in [4.69, 9.17) is 0 Å². The van der Waals surface area contributed by atoms with Crippen LogP contribution >= 0.6 is 0 Å². The lowest BCUT2D eigenvalue weighted by Crippen LogP contribution is -1.99. The summed E-state index contributed by atoms with van der Waals surface area (Å²) in [5, 5.41) is 0. The number of rotatable bonds is 6. The fourth-order valence-corrected chi connectivity index (χ4v) is 2.09. The van der Waals surface area contributed by atoms with Crippen molar-refractivity contribution in [2.45, 2.75) is 52.9 Å². The summed E-state index contributed by atoms with van der Waals surface area (Å²) in [6.07, 6.45) is 6.73. The molecule has 0 aliphatic heterocycles. The van der Waals surface area contributed by atoms with Crippen LogP contribution in [0, 0.1) is 12.8 Å². The third kappa shape index (κ3) is 5.01. The van der Waals surface area contributed by atoms with E-state index < -0.39 is 0 Å². The Morgan fingerprint density at radius 1 is 1.20 bits per heavy atom. The van der Waals surface area contributed by atoms with Crippen molar-refractivity contribution < 1.29 is 0 Å². The predicted octanol–water partition coefficient (Wildman–Crippen LogP) is 4.75. The van der Waals surface area contributed by atoms with Crippen molar-refractivity contribution >= 4 is 0 Å². The summed E-state index contributed by atoms with van der Waals surface area (Å²) in [5.41, 5.74) is 2.88. The predicted molar refractivity (Wildman–Crippen MR) is 68.2 cm³/mol. The first-order valence-corrected chi connectivity index (χ1v) is 6.28. The Kier molecular flexibility index (Phi) is 5.45. The largest absolute Gasteiger partial charge is 0.0654 e. The van der Waals surface area contributed by atoms with E-state index >= 15 is 0 Å². The molecule has 84 valence electrons. The van der Waals surface area contributed by atoms with Crippen LogP contribution in [0.1, 0.15) is 50.7 Å². The van der Waals surface area contributed by atoms with Gasteiger partial charge in [0.15, 0.2) is 0 Å². The van der Waals surface area contributed by atoms with Gasteiger partial charge in [-0.3, -0.25) is 0 Å². The number of unbranched alkanes of at least 4 members (excludes halogenated alkanes) is 2. The van der Waals surface area contributed by atoms with Gasteiger partial charge in [-0.1, -0.05) is 69.4 Å². The van der Waals surface area contributed by atoms with Crippen molar-refractivity contribution in [3.05, 3.63) is 35.4 Å². The van der Waals surface area contributed by atoms with Crippen LogP contribution in [0.2, 0.25) is 0 Å². The minimum absolute atomic E-state index is 0.832.